The molecule has 1 heterocycles. The van der Waals surface area contributed by atoms with E-state index in [9.17, 15) is 14.7 Å². The molecule has 0 aliphatic carbocycles. The monoisotopic (exact) mass is 493 g/mol. The van der Waals surface area contributed by atoms with Crippen LogP contribution in [0.4, 0.5) is 5.69 Å². The number of nitrogens with zero attached hydrogens (tertiary/aromatic N) is 1. The highest BCUT2D eigenvalue weighted by Crippen LogP contribution is 2.43. The van der Waals surface area contributed by atoms with E-state index in [1.165, 1.54) is 4.90 Å². The average Bonchev–Trinajstić information content (AvgIpc) is 3.18. The highest BCUT2D eigenvalue weighted by Gasteiger charge is 2.47. The van der Waals surface area contributed by atoms with Gasteiger partial charge in [-0.2, -0.15) is 0 Å². The van der Waals surface area contributed by atoms with Gasteiger partial charge in [-0.05, 0) is 72.6 Å². The maximum atomic E-state index is 13.4. The lowest BCUT2D eigenvalue weighted by atomic mass is 9.94. The highest BCUT2D eigenvalue weighted by atomic mass is 16.5. The minimum Gasteiger partial charge on any atom is -0.507 e. The van der Waals surface area contributed by atoms with Crippen LogP contribution in [-0.2, 0) is 9.59 Å². The molecule has 4 aromatic rings. The van der Waals surface area contributed by atoms with E-state index >= 15 is 0 Å². The number of amides is 1. The van der Waals surface area contributed by atoms with Gasteiger partial charge in [0.15, 0.2) is 0 Å². The van der Waals surface area contributed by atoms with Crippen LogP contribution >= 0.6 is 0 Å². The number of carbonyl (C=O) groups is 2. The van der Waals surface area contributed by atoms with E-state index in [2.05, 4.69) is 0 Å². The van der Waals surface area contributed by atoms with Crippen LogP contribution < -0.4 is 14.4 Å². The number of fused-ring (bicyclic) bond motifs is 1. The maximum Gasteiger partial charge on any atom is 0.300 e. The van der Waals surface area contributed by atoms with E-state index in [0.29, 0.717) is 28.3 Å². The van der Waals surface area contributed by atoms with Gasteiger partial charge in [0.1, 0.15) is 17.3 Å². The molecule has 1 aliphatic heterocycles. The molecule has 1 amide bonds. The van der Waals surface area contributed by atoms with Crippen LogP contribution in [0.2, 0.25) is 0 Å². The lowest BCUT2D eigenvalue weighted by molar-refractivity contribution is -0.132. The summed E-state index contributed by atoms with van der Waals surface area (Å²) in [7, 11) is 1.57. The van der Waals surface area contributed by atoms with Crippen LogP contribution in [-0.4, -0.2) is 30.0 Å². The number of hydrogen-bond acceptors (Lipinski definition) is 5. The molecule has 0 radical (unpaired) electrons. The Morgan fingerprint density at radius 3 is 2.14 bits per heavy atom. The number of benzene rings is 4. The zero-order valence-electron chi connectivity index (χ0n) is 20.8. The van der Waals surface area contributed by atoms with E-state index < -0.39 is 17.7 Å². The van der Waals surface area contributed by atoms with Gasteiger partial charge in [0.05, 0.1) is 24.8 Å². The molecular formula is C31H27NO5. The molecule has 6 nitrogen and oxygen atoms in total. The predicted octanol–water partition coefficient (Wildman–Crippen LogP) is 6.26. The average molecular weight is 494 g/mol. The predicted molar refractivity (Wildman–Crippen MR) is 144 cm³/mol. The molecule has 1 fully saturated rings. The molecule has 1 N–H and O–H groups in total. The van der Waals surface area contributed by atoms with Gasteiger partial charge in [0.2, 0.25) is 0 Å². The van der Waals surface area contributed by atoms with Crippen molar-refractivity contribution in [2.45, 2.75) is 26.0 Å². The molecular weight excluding hydrogens is 466 g/mol. The SMILES string of the molecule is COc1ccc(C2/C(=C(/O)c3ccc4ccccc4c3)C(=O)C(=O)N2c2ccc(OC(C)C)cc2)cc1. The Morgan fingerprint density at radius 2 is 1.49 bits per heavy atom. The summed E-state index contributed by atoms with van der Waals surface area (Å²) in [6, 6.07) is 26.6. The van der Waals surface area contributed by atoms with Crippen LogP contribution in [0, 0.1) is 0 Å². The van der Waals surface area contributed by atoms with Gasteiger partial charge in [-0.15, -0.1) is 0 Å². The Labute approximate surface area is 215 Å². The molecule has 1 saturated heterocycles. The van der Waals surface area contributed by atoms with Crippen LogP contribution in [0.15, 0.2) is 96.6 Å². The van der Waals surface area contributed by atoms with Gasteiger partial charge in [-0.3, -0.25) is 14.5 Å². The molecule has 0 aromatic heterocycles. The minimum atomic E-state index is -0.825. The molecule has 5 rings (SSSR count). The van der Waals surface area contributed by atoms with Gasteiger partial charge in [-0.25, -0.2) is 0 Å². The fourth-order valence-electron chi connectivity index (χ4n) is 4.65. The van der Waals surface area contributed by atoms with Crippen molar-refractivity contribution in [3.05, 3.63) is 108 Å². The first-order valence-electron chi connectivity index (χ1n) is 12.1. The lowest BCUT2D eigenvalue weighted by Gasteiger charge is -2.26. The van der Waals surface area contributed by atoms with Gasteiger partial charge in [0, 0.05) is 11.3 Å². The topological polar surface area (TPSA) is 76.1 Å². The second-order valence-electron chi connectivity index (χ2n) is 9.16. The van der Waals surface area contributed by atoms with Gasteiger partial charge in [-0.1, -0.05) is 48.5 Å². The largest absolute Gasteiger partial charge is 0.507 e. The molecule has 1 atom stereocenters. The van der Waals surface area contributed by atoms with Crippen LogP contribution in [0.3, 0.4) is 0 Å². The Kier molecular flexibility index (Phi) is 6.40. The first-order valence-corrected chi connectivity index (χ1v) is 12.1. The van der Waals surface area contributed by atoms with Crippen molar-refractivity contribution in [3.63, 3.8) is 0 Å². The normalized spacial score (nSPS) is 17.0. The fourth-order valence-corrected chi connectivity index (χ4v) is 4.65. The number of Topliss-reactive ketones (excluding diaryl/α,β-unsaturated/α-hetero) is 1. The van der Waals surface area contributed by atoms with Crippen molar-refractivity contribution in [3.8, 4) is 11.5 Å². The molecule has 186 valence electrons. The third-order valence-corrected chi connectivity index (χ3v) is 6.39. The van der Waals surface area contributed by atoms with Crippen LogP contribution in [0.1, 0.15) is 31.0 Å². The van der Waals surface area contributed by atoms with Crippen molar-refractivity contribution in [1.29, 1.82) is 0 Å². The molecule has 1 aliphatic rings. The first-order chi connectivity index (χ1) is 17.9. The third kappa shape index (κ3) is 4.54. The standard InChI is InChI=1S/C31H27NO5/c1-19(2)37-26-16-12-24(13-17-26)32-28(21-10-14-25(36-3)15-11-21)27(30(34)31(32)35)29(33)23-9-8-20-6-4-5-7-22(20)18-23/h4-19,28,33H,1-3H3/b29-27-. The molecule has 4 aromatic carbocycles. The molecule has 0 bridgehead atoms. The summed E-state index contributed by atoms with van der Waals surface area (Å²) in [5.41, 5.74) is 1.70. The smallest absolute Gasteiger partial charge is 0.300 e. The van der Waals surface area contributed by atoms with Gasteiger partial charge in [0.25, 0.3) is 11.7 Å². The van der Waals surface area contributed by atoms with E-state index in [0.717, 1.165) is 10.8 Å². The number of aliphatic hydroxyl groups is 1. The molecule has 6 heteroatoms. The van der Waals surface area contributed by atoms with Crippen molar-refractivity contribution in [2.75, 3.05) is 12.0 Å². The summed E-state index contributed by atoms with van der Waals surface area (Å²) in [5.74, 6) is -0.361. The number of hydrogen-bond donors (Lipinski definition) is 1. The maximum absolute atomic E-state index is 13.4. The van der Waals surface area contributed by atoms with Crippen molar-refractivity contribution in [1.82, 2.24) is 0 Å². The van der Waals surface area contributed by atoms with Gasteiger partial charge >= 0.3 is 0 Å². The number of aliphatic hydroxyl groups excluding tert-OH is 1. The zero-order valence-corrected chi connectivity index (χ0v) is 20.8. The lowest BCUT2D eigenvalue weighted by Crippen LogP contribution is -2.29. The van der Waals surface area contributed by atoms with Gasteiger partial charge < -0.3 is 14.6 Å². The summed E-state index contributed by atoms with van der Waals surface area (Å²) < 4.78 is 11.0. The van der Waals surface area contributed by atoms with Crippen molar-refractivity contribution < 1.29 is 24.2 Å². The Hall–Kier alpha value is -4.58. The fraction of sp³-hybridized carbons (Fsp3) is 0.161. The Morgan fingerprint density at radius 1 is 0.838 bits per heavy atom. The number of ether oxygens (including phenoxy) is 2. The molecule has 1 unspecified atom stereocenters. The summed E-state index contributed by atoms with van der Waals surface area (Å²) in [4.78, 5) is 28.3. The second kappa shape index (κ2) is 9.82. The molecule has 37 heavy (non-hydrogen) atoms. The van der Waals surface area contributed by atoms with E-state index in [1.54, 1.807) is 61.7 Å². The summed E-state index contributed by atoms with van der Waals surface area (Å²) in [6.07, 6.45) is 0.00123. The second-order valence-corrected chi connectivity index (χ2v) is 9.16. The van der Waals surface area contributed by atoms with Crippen molar-refractivity contribution >= 4 is 33.9 Å². The Bertz CT molecular complexity index is 1500. The van der Waals surface area contributed by atoms with Crippen LogP contribution in [0.5, 0.6) is 11.5 Å². The van der Waals surface area contributed by atoms with Crippen LogP contribution in [0.25, 0.3) is 16.5 Å². The summed E-state index contributed by atoms with van der Waals surface area (Å²) in [6.45, 7) is 3.87. The Balaban J connectivity index is 1.66. The number of methoxy groups -OCH3 is 1. The summed E-state index contributed by atoms with van der Waals surface area (Å²) >= 11 is 0. The quantitative estimate of drug-likeness (QED) is 0.195. The highest BCUT2D eigenvalue weighted by molar-refractivity contribution is 6.51. The first kappa shape index (κ1) is 24.1. The van der Waals surface area contributed by atoms with E-state index in [-0.39, 0.29) is 17.4 Å². The number of ketones is 1. The molecule has 0 saturated carbocycles. The number of anilines is 1. The van der Waals surface area contributed by atoms with E-state index in [4.69, 9.17) is 9.47 Å². The zero-order chi connectivity index (χ0) is 26.1. The van der Waals surface area contributed by atoms with Crippen molar-refractivity contribution in [2.24, 2.45) is 0 Å². The summed E-state index contributed by atoms with van der Waals surface area (Å²) in [5, 5.41) is 13.4. The molecule has 0 spiro atoms. The number of carbonyl (C=O) groups excluding carboxylic acids is 2. The minimum absolute atomic E-state index is 0.00123. The number of rotatable bonds is 6. The third-order valence-electron chi connectivity index (χ3n) is 6.39. The van der Waals surface area contributed by atoms with E-state index in [1.807, 2.05) is 50.2 Å².